The second-order valence-electron chi connectivity index (χ2n) is 38.2. The maximum Gasteiger partial charge on any atom is 0.276 e. The summed E-state index contributed by atoms with van der Waals surface area (Å²) >= 11 is 0. The molecule has 5 rings (SSSR count). The standard InChI is InChI=1S/C96H163N4O43P5/c1-56(2)27-17-28-57(3)29-18-30-58(4)31-19-32-59(5)33-20-34-60(6)35-21-36-61(7)37-22-38-62(8)39-23-40-63(9)41-24-42-64(10)43-25-44-65(11)45-26-46-66(12)47-48-128-147(124,125)143-148(126,127)142-94-79(99-69(15)107)85(114)89(74(51-103)135-94)137-92-78(98-68(14)106)86(115)90(75(52-104)134-92)139-144(118,119)129-53-71(109)54-130-145(120,121)141-95-80(100-70(16)108)91(83(112)73(50-102)133-95)138-96-88(117)87(116)82(111)76(136-96)55-131-146(122,123)140-93-77(97-67(13)105)84(113)81(110)72(49-101)132-93/h27,29,31,33,35,37,39,41,43,45,47,71-96,101-104,109-117H,17-26,28,30,32,34,36,38,40,42,44,46,48-55H2,1-16H3,(H,97,105)(H,98,106)(H,99,107)(H,100,108)(H,118,119)(H,120,121)(H,122,123)(H,124,125)(H,126,127)/p-5/b57-29+,58-31+,59-33-,60-35-,61-37-,62-39-,63-41-,64-43-,65-45-,66-47-/t71-,72+,73+,74+,75+,76+,77+,78-,79+,80+,81-,82+,83-,84+,85+,86+,87-,88+,89?,90+,91+,92-,93-,94+,95-,96-/m0/s1. The topological polar surface area (TPSA) is 728 Å². The summed E-state index contributed by atoms with van der Waals surface area (Å²) in [6.45, 7) is 19.5. The molecule has 850 valence electrons. The van der Waals surface area contributed by atoms with E-state index in [2.05, 4.69) is 156 Å². The fourth-order valence-corrected chi connectivity index (χ4v) is 21.0. The summed E-state index contributed by atoms with van der Waals surface area (Å²) in [4.78, 5) is 116. The molecule has 47 nitrogen and oxygen atoms in total. The van der Waals surface area contributed by atoms with Gasteiger partial charge in [0.25, 0.3) is 39.1 Å². The first-order chi connectivity index (χ1) is 69.3. The molecule has 0 aromatic heterocycles. The zero-order valence-electron chi connectivity index (χ0n) is 87.0. The van der Waals surface area contributed by atoms with Crippen molar-refractivity contribution in [3.63, 3.8) is 0 Å². The van der Waals surface area contributed by atoms with E-state index in [1.165, 1.54) is 56.2 Å². The normalized spacial score (nSPS) is 31.0. The van der Waals surface area contributed by atoms with Gasteiger partial charge in [-0.1, -0.05) is 128 Å². The number of allylic oxidation sites excluding steroid dienone is 21. The number of ether oxygens (including phenoxy) is 7. The first-order valence-electron chi connectivity index (χ1n) is 49.3. The van der Waals surface area contributed by atoms with E-state index in [4.69, 9.17) is 69.3 Å². The molecule has 52 heteroatoms. The summed E-state index contributed by atoms with van der Waals surface area (Å²) in [5, 5.41) is 149. The number of aliphatic hydroxyl groups excluding tert-OH is 13. The van der Waals surface area contributed by atoms with Crippen LogP contribution < -0.4 is 45.7 Å². The van der Waals surface area contributed by atoms with Crippen molar-refractivity contribution in [3.05, 3.63) is 128 Å². The highest BCUT2D eigenvalue weighted by atomic mass is 31.3. The molecular weight excluding hydrogens is 2050 g/mol. The molecule has 5 fully saturated rings. The molecular formula is C96H158N4O43P5-5. The van der Waals surface area contributed by atoms with Crippen molar-refractivity contribution < 1.29 is 207 Å². The van der Waals surface area contributed by atoms with Crippen molar-refractivity contribution in [2.24, 2.45) is 0 Å². The molecule has 0 radical (unpaired) electrons. The highest BCUT2D eigenvalue weighted by molar-refractivity contribution is 7.59. The Morgan fingerprint density at radius 2 is 0.574 bits per heavy atom. The number of phosphoric ester groups is 5. The predicted octanol–water partition coefficient (Wildman–Crippen LogP) is 4.71. The highest BCUT2D eigenvalue weighted by Gasteiger charge is 2.57. The van der Waals surface area contributed by atoms with Gasteiger partial charge in [-0.25, -0.2) is 4.31 Å². The van der Waals surface area contributed by atoms with Gasteiger partial charge in [0.2, 0.25) is 23.6 Å². The molecule has 0 saturated carbocycles. The van der Waals surface area contributed by atoms with Crippen LogP contribution >= 0.6 is 39.1 Å². The largest absolute Gasteiger partial charge is 0.756 e. The molecule has 0 bridgehead atoms. The van der Waals surface area contributed by atoms with Crippen LogP contribution in [0.1, 0.15) is 239 Å². The van der Waals surface area contributed by atoms with Crippen LogP contribution in [-0.2, 0) is 116 Å². The number of hydrogen-bond acceptors (Lipinski definition) is 43. The third-order valence-corrected chi connectivity index (χ3v) is 30.0. The Balaban J connectivity index is 1.06. The lowest BCUT2D eigenvalue weighted by atomic mass is 9.94. The summed E-state index contributed by atoms with van der Waals surface area (Å²) in [7, 11) is -29.9. The number of phosphoric acid groups is 5. The lowest BCUT2D eigenvalue weighted by molar-refractivity contribution is -0.345. The van der Waals surface area contributed by atoms with Crippen LogP contribution in [-0.4, -0.2) is 302 Å². The second kappa shape index (κ2) is 65.7. The van der Waals surface area contributed by atoms with Gasteiger partial charge >= 0.3 is 0 Å². The molecule has 0 aliphatic carbocycles. The Hall–Kier alpha value is -5.19. The molecule has 148 heavy (non-hydrogen) atoms. The van der Waals surface area contributed by atoms with Crippen LogP contribution in [0.4, 0.5) is 0 Å². The maximum atomic E-state index is 13.5. The average Bonchev–Trinajstić information content (AvgIpc) is 0.818. The van der Waals surface area contributed by atoms with Crippen LogP contribution in [0.5, 0.6) is 0 Å². The van der Waals surface area contributed by atoms with Gasteiger partial charge < -0.3 is 168 Å². The number of aliphatic hydroxyl groups is 13. The molecule has 4 amide bonds. The van der Waals surface area contributed by atoms with Crippen LogP contribution in [0.2, 0.25) is 0 Å². The van der Waals surface area contributed by atoms with Gasteiger partial charge in [-0.3, -0.25) is 55.6 Å². The molecule has 0 aromatic carbocycles. The van der Waals surface area contributed by atoms with Crippen LogP contribution in [0.3, 0.4) is 0 Å². The van der Waals surface area contributed by atoms with Crippen molar-refractivity contribution in [2.75, 3.05) is 52.9 Å². The van der Waals surface area contributed by atoms with Crippen molar-refractivity contribution in [1.82, 2.24) is 21.3 Å². The number of nitrogens with one attached hydrogen (secondary N) is 4. The summed E-state index contributed by atoms with van der Waals surface area (Å²) in [5.74, 6) is -4.01. The fourth-order valence-electron chi connectivity index (χ4n) is 16.3. The average molecular weight is 2210 g/mol. The van der Waals surface area contributed by atoms with Gasteiger partial charge in [-0.15, -0.1) is 0 Å². The lowest BCUT2D eigenvalue weighted by Crippen LogP contribution is -2.69. The summed E-state index contributed by atoms with van der Waals surface area (Å²) in [5.41, 5.74) is 14.6. The van der Waals surface area contributed by atoms with E-state index in [0.29, 0.717) is 18.4 Å². The molecule has 6 unspecified atom stereocenters. The van der Waals surface area contributed by atoms with Crippen LogP contribution in [0.25, 0.3) is 0 Å². The van der Waals surface area contributed by atoms with E-state index < -0.39 is 275 Å². The first kappa shape index (κ1) is 133. The van der Waals surface area contributed by atoms with E-state index in [1.54, 1.807) is 6.92 Å². The number of carbonyl (C=O) groups excluding carboxylic acids is 4. The SMILES string of the molecule is CC(=O)N[C@@H]1[C@H](OC2[C@@H](CO)O[C@H](OP(=O)([O-])OP(=O)([O-])OC/C=C(/C)CC/C=C(/C)CC/C=C(/C)CC/C=C(/C)CC/C=C(/C)CC/C=C(/C)CC/C=C(/C)CC/C=C(/C)CC/C=C(\C)CC/C=C(\C)CCC=C(C)C)[C@H](NC(C)=O)[C@H]2O)O[C@H](CO)[C@@H](OP(=O)([O-])OC[C@H](O)COP(=O)([O-])O[C@@H]2O[C@H](CO)[C@H](O)[C@H](O[C@@H]3O[C@H](COP(=O)([O-])O[C@@H]4O[C@H](CO)[C@H](O)[C@H](O)[C@H]4NC(C)=O)[C@@H](O)[C@H](O)[C@H]3O)[C@H]2NC(C)=O)[C@@H]1O. The number of carbonyl (C=O) groups is 4. The Morgan fingerprint density at radius 1 is 0.291 bits per heavy atom. The molecule has 5 aliphatic rings. The van der Waals surface area contributed by atoms with Crippen molar-refractivity contribution in [3.8, 4) is 0 Å². The second-order valence-corrected chi connectivity index (χ2v) is 45.2. The Morgan fingerprint density at radius 3 is 0.953 bits per heavy atom. The predicted molar refractivity (Wildman–Crippen MR) is 526 cm³/mol. The van der Waals surface area contributed by atoms with E-state index in [9.17, 15) is 133 Å². The zero-order chi connectivity index (χ0) is 111. The minimum atomic E-state index is -6.19. The fraction of sp³-hybridized carbons (Fsp3) is 0.729. The van der Waals surface area contributed by atoms with Crippen LogP contribution in [0.15, 0.2) is 128 Å². The van der Waals surface area contributed by atoms with Crippen LogP contribution in [0, 0.1) is 0 Å². The summed E-state index contributed by atoms with van der Waals surface area (Å²) in [6, 6.07) is -8.12. The summed E-state index contributed by atoms with van der Waals surface area (Å²) in [6.07, 6.45) is -3.95. The molecule has 31 atom stereocenters. The van der Waals surface area contributed by atoms with Gasteiger partial charge in [-0.05, 0) is 212 Å². The summed E-state index contributed by atoms with van der Waals surface area (Å²) < 4.78 is 149. The number of hydrogen-bond donors (Lipinski definition) is 17. The Kier molecular flexibility index (Phi) is 59.2. The molecule has 5 heterocycles. The van der Waals surface area contributed by atoms with Gasteiger partial charge in [0.05, 0.1) is 52.9 Å². The molecule has 5 saturated heterocycles. The third-order valence-electron chi connectivity index (χ3n) is 24.6. The van der Waals surface area contributed by atoms with Gasteiger partial charge in [-0.2, -0.15) is 0 Å². The minimum Gasteiger partial charge on any atom is -0.756 e. The van der Waals surface area contributed by atoms with E-state index in [0.717, 1.165) is 149 Å². The molecule has 0 aromatic rings. The van der Waals surface area contributed by atoms with Crippen molar-refractivity contribution in [1.29, 1.82) is 0 Å². The molecule has 17 N–H and O–H groups in total. The Labute approximate surface area is 866 Å². The van der Waals surface area contributed by atoms with Crippen molar-refractivity contribution >= 4 is 62.7 Å². The third kappa shape index (κ3) is 48.7. The lowest BCUT2D eigenvalue weighted by Gasteiger charge is -2.49. The monoisotopic (exact) mass is 2210 g/mol. The molecule has 0 spiro atoms. The first-order valence-corrected chi connectivity index (χ1v) is 56.6. The highest BCUT2D eigenvalue weighted by Crippen LogP contribution is 2.57. The zero-order valence-corrected chi connectivity index (χ0v) is 91.4. The molecule has 5 aliphatic heterocycles. The minimum absolute atomic E-state index is 0.470. The maximum absolute atomic E-state index is 13.5. The van der Waals surface area contributed by atoms with E-state index in [-0.39, 0.29) is 0 Å². The smallest absolute Gasteiger partial charge is 0.276 e. The Bertz CT molecular complexity index is 4770. The van der Waals surface area contributed by atoms with E-state index in [1.807, 2.05) is 6.92 Å². The number of rotatable bonds is 64. The van der Waals surface area contributed by atoms with Gasteiger partial charge in [0, 0.05) is 27.7 Å². The van der Waals surface area contributed by atoms with Crippen molar-refractivity contribution in [2.45, 2.75) is 399 Å². The van der Waals surface area contributed by atoms with Gasteiger partial charge in [0.1, 0.15) is 128 Å². The van der Waals surface area contributed by atoms with Gasteiger partial charge in [0.15, 0.2) is 31.5 Å². The quantitative estimate of drug-likeness (QED) is 0.0289. The van der Waals surface area contributed by atoms with E-state index >= 15 is 0 Å². The number of amides is 4.